The maximum Gasteiger partial charge on any atom is 0.119 e. The Morgan fingerprint density at radius 3 is 2.40 bits per heavy atom. The normalized spacial score (nSPS) is 21.6. The van der Waals surface area contributed by atoms with Gasteiger partial charge >= 0.3 is 0 Å². The zero-order chi connectivity index (χ0) is 13.8. The molecule has 2 aliphatic heterocycles. The predicted octanol–water partition coefficient (Wildman–Crippen LogP) is 1.42. The molecule has 1 aromatic rings. The van der Waals surface area contributed by atoms with Crippen molar-refractivity contribution >= 4 is 15.9 Å². The Morgan fingerprint density at radius 1 is 1.10 bits per heavy atom. The minimum absolute atomic E-state index is 0.770. The van der Waals surface area contributed by atoms with Crippen LogP contribution in [0.3, 0.4) is 0 Å². The van der Waals surface area contributed by atoms with Gasteiger partial charge in [-0.05, 0) is 24.3 Å². The molecule has 3 rings (SSSR count). The van der Waals surface area contributed by atoms with E-state index in [9.17, 15) is 0 Å². The molecule has 20 heavy (non-hydrogen) atoms. The zero-order valence-corrected chi connectivity index (χ0v) is 13.3. The fourth-order valence-corrected chi connectivity index (χ4v) is 2.97. The summed E-state index contributed by atoms with van der Waals surface area (Å²) in [4.78, 5) is 5.12. The summed E-state index contributed by atoms with van der Waals surface area (Å²) in [7, 11) is 0. The molecule has 4 nitrogen and oxygen atoms in total. The van der Waals surface area contributed by atoms with Crippen molar-refractivity contribution in [2.75, 3.05) is 52.4 Å². The van der Waals surface area contributed by atoms with Gasteiger partial charge in [-0.1, -0.05) is 15.9 Å². The molecule has 0 bridgehead atoms. The van der Waals surface area contributed by atoms with Crippen molar-refractivity contribution in [1.29, 1.82) is 0 Å². The number of hydrogen-bond acceptors (Lipinski definition) is 4. The van der Waals surface area contributed by atoms with E-state index >= 15 is 0 Å². The van der Waals surface area contributed by atoms with Gasteiger partial charge in [-0.2, -0.15) is 0 Å². The first-order valence-corrected chi connectivity index (χ1v) is 8.16. The Labute approximate surface area is 129 Å². The molecular formula is C15H22BrN3O. The molecule has 0 spiro atoms. The fraction of sp³-hybridized carbons (Fsp3) is 0.600. The molecule has 0 aliphatic carbocycles. The van der Waals surface area contributed by atoms with Crippen LogP contribution >= 0.6 is 15.9 Å². The molecule has 1 N–H and O–H groups in total. The summed E-state index contributed by atoms with van der Waals surface area (Å²) in [6.45, 7) is 8.87. The topological polar surface area (TPSA) is 27.7 Å². The van der Waals surface area contributed by atoms with Gasteiger partial charge in [0.25, 0.3) is 0 Å². The van der Waals surface area contributed by atoms with E-state index < -0.39 is 0 Å². The van der Waals surface area contributed by atoms with Gasteiger partial charge in [0, 0.05) is 56.3 Å². The minimum atomic E-state index is 0.770. The van der Waals surface area contributed by atoms with Crippen molar-refractivity contribution in [3.05, 3.63) is 28.7 Å². The lowest BCUT2D eigenvalue weighted by Gasteiger charge is -2.43. The lowest BCUT2D eigenvalue weighted by atomic mass is 10.1. The Morgan fingerprint density at radius 2 is 1.80 bits per heavy atom. The molecule has 2 saturated heterocycles. The highest BCUT2D eigenvalue weighted by molar-refractivity contribution is 9.10. The van der Waals surface area contributed by atoms with Crippen LogP contribution in [0.4, 0.5) is 0 Å². The number of halogens is 1. The number of ether oxygens (including phenoxy) is 1. The third kappa shape index (κ3) is 3.73. The molecule has 2 heterocycles. The summed E-state index contributed by atoms with van der Waals surface area (Å²) in [5, 5.41) is 3.35. The summed E-state index contributed by atoms with van der Waals surface area (Å²) in [6.07, 6.45) is 0. The maximum atomic E-state index is 5.78. The van der Waals surface area contributed by atoms with Crippen molar-refractivity contribution in [3.8, 4) is 5.75 Å². The van der Waals surface area contributed by atoms with E-state index in [0.29, 0.717) is 0 Å². The summed E-state index contributed by atoms with van der Waals surface area (Å²) in [6, 6.07) is 8.83. The largest absolute Gasteiger partial charge is 0.492 e. The van der Waals surface area contributed by atoms with E-state index in [1.165, 1.54) is 39.3 Å². The van der Waals surface area contributed by atoms with Gasteiger partial charge in [-0.15, -0.1) is 0 Å². The lowest BCUT2D eigenvalue weighted by Crippen LogP contribution is -2.61. The van der Waals surface area contributed by atoms with Gasteiger partial charge in [0.05, 0.1) is 0 Å². The highest BCUT2D eigenvalue weighted by atomic mass is 79.9. The van der Waals surface area contributed by atoms with Crippen LogP contribution in [0.5, 0.6) is 5.75 Å². The molecule has 110 valence electrons. The number of hydrogen-bond donors (Lipinski definition) is 1. The van der Waals surface area contributed by atoms with E-state index in [1.54, 1.807) is 0 Å². The first kappa shape index (κ1) is 14.3. The van der Waals surface area contributed by atoms with E-state index in [0.717, 1.165) is 29.4 Å². The first-order valence-electron chi connectivity index (χ1n) is 7.37. The van der Waals surface area contributed by atoms with Crippen LogP contribution in [-0.2, 0) is 0 Å². The van der Waals surface area contributed by atoms with Gasteiger partial charge in [0.1, 0.15) is 12.4 Å². The first-order chi connectivity index (χ1) is 9.81. The number of nitrogens with one attached hydrogen (secondary N) is 1. The summed E-state index contributed by atoms with van der Waals surface area (Å²) in [5.74, 6) is 0.951. The maximum absolute atomic E-state index is 5.78. The van der Waals surface area contributed by atoms with Crippen LogP contribution < -0.4 is 10.1 Å². The zero-order valence-electron chi connectivity index (χ0n) is 11.7. The summed E-state index contributed by atoms with van der Waals surface area (Å²) in [5.41, 5.74) is 0. The molecule has 0 unspecified atom stereocenters. The second-order valence-electron chi connectivity index (χ2n) is 5.49. The van der Waals surface area contributed by atoms with Crippen LogP contribution in [0.25, 0.3) is 0 Å². The molecule has 2 aliphatic rings. The van der Waals surface area contributed by atoms with E-state index in [-0.39, 0.29) is 0 Å². The molecule has 0 saturated carbocycles. The highest BCUT2D eigenvalue weighted by Crippen LogP contribution is 2.16. The summed E-state index contributed by atoms with van der Waals surface area (Å²) >= 11 is 3.43. The van der Waals surface area contributed by atoms with Crippen molar-refractivity contribution in [1.82, 2.24) is 15.1 Å². The third-order valence-corrected chi connectivity index (χ3v) is 4.70. The molecule has 0 atom stereocenters. The van der Waals surface area contributed by atoms with E-state index in [1.807, 2.05) is 24.3 Å². The Hall–Kier alpha value is -0.620. The average molecular weight is 340 g/mol. The molecule has 1 aromatic carbocycles. The number of piperazine rings is 1. The molecule has 0 amide bonds. The quantitative estimate of drug-likeness (QED) is 0.877. The molecular weight excluding hydrogens is 318 g/mol. The monoisotopic (exact) mass is 339 g/mol. The summed E-state index contributed by atoms with van der Waals surface area (Å²) < 4.78 is 6.87. The smallest absolute Gasteiger partial charge is 0.119 e. The van der Waals surface area contributed by atoms with Gasteiger partial charge in [0.2, 0.25) is 0 Å². The second kappa shape index (κ2) is 6.89. The van der Waals surface area contributed by atoms with E-state index in [4.69, 9.17) is 4.74 Å². The Bertz CT molecular complexity index is 414. The van der Waals surface area contributed by atoms with Crippen LogP contribution in [0.1, 0.15) is 0 Å². The highest BCUT2D eigenvalue weighted by Gasteiger charge is 2.27. The molecule has 0 radical (unpaired) electrons. The van der Waals surface area contributed by atoms with Crippen molar-refractivity contribution < 1.29 is 4.74 Å². The van der Waals surface area contributed by atoms with Crippen LogP contribution in [0, 0.1) is 0 Å². The van der Waals surface area contributed by atoms with Crippen LogP contribution in [-0.4, -0.2) is 68.3 Å². The van der Waals surface area contributed by atoms with Crippen molar-refractivity contribution in [3.63, 3.8) is 0 Å². The van der Waals surface area contributed by atoms with Crippen molar-refractivity contribution in [2.45, 2.75) is 6.04 Å². The Balaban J connectivity index is 1.34. The van der Waals surface area contributed by atoms with Crippen LogP contribution in [0.15, 0.2) is 28.7 Å². The predicted molar refractivity (Wildman–Crippen MR) is 84.3 cm³/mol. The number of benzene rings is 1. The van der Waals surface area contributed by atoms with Crippen LogP contribution in [0.2, 0.25) is 0 Å². The Kier molecular flexibility index (Phi) is 4.94. The molecule has 5 heteroatoms. The standard InChI is InChI=1S/C15H22BrN3O/c16-13-1-3-15(4-2-13)20-10-9-18-5-7-19(8-6-18)14-11-17-12-14/h1-4,14,17H,5-12H2. The van der Waals surface area contributed by atoms with Gasteiger partial charge in [-0.3, -0.25) is 9.80 Å². The minimum Gasteiger partial charge on any atom is -0.492 e. The average Bonchev–Trinajstić information content (AvgIpc) is 2.41. The van der Waals surface area contributed by atoms with Gasteiger partial charge in [-0.25, -0.2) is 0 Å². The van der Waals surface area contributed by atoms with Gasteiger partial charge in [0.15, 0.2) is 0 Å². The number of nitrogens with zero attached hydrogens (tertiary/aromatic N) is 2. The third-order valence-electron chi connectivity index (χ3n) is 4.17. The molecule has 2 fully saturated rings. The second-order valence-corrected chi connectivity index (χ2v) is 6.41. The SMILES string of the molecule is Brc1ccc(OCCN2CCN(C3CNC3)CC2)cc1. The van der Waals surface area contributed by atoms with Crippen molar-refractivity contribution in [2.24, 2.45) is 0 Å². The van der Waals surface area contributed by atoms with Gasteiger partial charge < -0.3 is 10.1 Å². The lowest BCUT2D eigenvalue weighted by molar-refractivity contribution is 0.0663. The van der Waals surface area contributed by atoms with E-state index in [2.05, 4.69) is 31.0 Å². The fourth-order valence-electron chi connectivity index (χ4n) is 2.71. The number of rotatable bonds is 5. The molecule has 0 aromatic heterocycles.